The van der Waals surface area contributed by atoms with E-state index in [0.29, 0.717) is 13.0 Å². The van der Waals surface area contributed by atoms with Gasteiger partial charge in [0.1, 0.15) is 0 Å². The Bertz CT molecular complexity index is 106. The molecule has 0 saturated heterocycles. The highest BCUT2D eigenvalue weighted by Crippen LogP contribution is 1.85. The summed E-state index contributed by atoms with van der Waals surface area (Å²) in [5.41, 5.74) is 0. The smallest absolute Gasteiger partial charge is 0.314 e. The standard InChI is InChI=1S/C6H14N2O2/c1-3-5(9)4-8-6(10)7-2/h5,9H,3-4H2,1-2H3,(H2,7,8,10). The van der Waals surface area contributed by atoms with E-state index in [0.717, 1.165) is 0 Å². The second-order valence-electron chi connectivity index (χ2n) is 2.02. The van der Waals surface area contributed by atoms with Gasteiger partial charge in [-0.3, -0.25) is 0 Å². The summed E-state index contributed by atoms with van der Waals surface area (Å²) in [5.74, 6) is 0. The van der Waals surface area contributed by atoms with Gasteiger partial charge in [0.15, 0.2) is 0 Å². The van der Waals surface area contributed by atoms with Crippen LogP contribution >= 0.6 is 0 Å². The molecule has 0 rings (SSSR count). The van der Waals surface area contributed by atoms with Crippen molar-refractivity contribution in [3.63, 3.8) is 0 Å². The summed E-state index contributed by atoms with van der Waals surface area (Å²) in [6, 6.07) is -0.257. The third-order valence-corrected chi connectivity index (χ3v) is 1.20. The predicted octanol–water partition coefficient (Wildman–Crippen LogP) is -0.314. The Hall–Kier alpha value is -0.770. The Morgan fingerprint density at radius 1 is 1.70 bits per heavy atom. The maximum Gasteiger partial charge on any atom is 0.314 e. The van der Waals surface area contributed by atoms with Crippen molar-refractivity contribution in [1.82, 2.24) is 10.6 Å². The highest BCUT2D eigenvalue weighted by Gasteiger charge is 2.01. The largest absolute Gasteiger partial charge is 0.391 e. The van der Waals surface area contributed by atoms with Crippen molar-refractivity contribution >= 4 is 6.03 Å². The topological polar surface area (TPSA) is 61.4 Å². The number of hydrogen-bond donors (Lipinski definition) is 3. The summed E-state index contributed by atoms with van der Waals surface area (Å²) in [7, 11) is 1.54. The Kier molecular flexibility index (Phi) is 4.66. The summed E-state index contributed by atoms with van der Waals surface area (Å²) in [6.07, 6.45) is 0.224. The summed E-state index contributed by atoms with van der Waals surface area (Å²) in [5, 5.41) is 13.8. The highest BCUT2D eigenvalue weighted by atomic mass is 16.3. The quantitative estimate of drug-likeness (QED) is 0.511. The van der Waals surface area contributed by atoms with Gasteiger partial charge in [0.25, 0.3) is 0 Å². The lowest BCUT2D eigenvalue weighted by molar-refractivity contribution is 0.167. The van der Waals surface area contributed by atoms with Gasteiger partial charge in [-0.15, -0.1) is 0 Å². The zero-order valence-corrected chi connectivity index (χ0v) is 6.35. The number of aliphatic hydroxyl groups is 1. The van der Waals surface area contributed by atoms with Crippen LogP contribution in [0.3, 0.4) is 0 Å². The van der Waals surface area contributed by atoms with Gasteiger partial charge < -0.3 is 15.7 Å². The van der Waals surface area contributed by atoms with Crippen LogP contribution in [0.15, 0.2) is 0 Å². The van der Waals surface area contributed by atoms with Crippen LogP contribution in [-0.4, -0.2) is 30.8 Å². The summed E-state index contributed by atoms with van der Waals surface area (Å²) < 4.78 is 0. The number of nitrogens with one attached hydrogen (secondary N) is 2. The fourth-order valence-corrected chi connectivity index (χ4v) is 0.443. The predicted molar refractivity (Wildman–Crippen MR) is 38.8 cm³/mol. The summed E-state index contributed by atoms with van der Waals surface area (Å²) >= 11 is 0. The lowest BCUT2D eigenvalue weighted by Gasteiger charge is -2.07. The Balaban J connectivity index is 3.26. The molecule has 0 aromatic carbocycles. The van der Waals surface area contributed by atoms with E-state index in [9.17, 15) is 4.79 Å². The van der Waals surface area contributed by atoms with Gasteiger partial charge in [0.05, 0.1) is 6.10 Å². The van der Waals surface area contributed by atoms with Crippen molar-refractivity contribution < 1.29 is 9.90 Å². The Morgan fingerprint density at radius 2 is 2.30 bits per heavy atom. The lowest BCUT2D eigenvalue weighted by atomic mass is 10.3. The van der Waals surface area contributed by atoms with Crippen molar-refractivity contribution in [3.8, 4) is 0 Å². The fraction of sp³-hybridized carbons (Fsp3) is 0.833. The number of aliphatic hydroxyl groups excluding tert-OH is 1. The molecule has 0 radical (unpaired) electrons. The third kappa shape index (κ3) is 4.14. The Morgan fingerprint density at radius 3 is 2.70 bits per heavy atom. The van der Waals surface area contributed by atoms with Crippen LogP contribution in [0.2, 0.25) is 0 Å². The first kappa shape index (κ1) is 9.23. The van der Waals surface area contributed by atoms with Crippen LogP contribution in [-0.2, 0) is 0 Å². The summed E-state index contributed by atoms with van der Waals surface area (Å²) in [4.78, 5) is 10.5. The molecule has 0 aliphatic rings. The number of carbonyl (C=O) groups excluding carboxylic acids is 1. The first-order valence-electron chi connectivity index (χ1n) is 3.34. The molecule has 1 unspecified atom stereocenters. The molecule has 10 heavy (non-hydrogen) atoms. The van der Waals surface area contributed by atoms with Crippen LogP contribution < -0.4 is 10.6 Å². The van der Waals surface area contributed by atoms with Crippen molar-refractivity contribution in [3.05, 3.63) is 0 Å². The lowest BCUT2D eigenvalue weighted by Crippen LogP contribution is -2.37. The molecule has 60 valence electrons. The minimum absolute atomic E-state index is 0.257. The molecular weight excluding hydrogens is 132 g/mol. The first-order chi connectivity index (χ1) is 4.70. The van der Waals surface area contributed by atoms with E-state index in [-0.39, 0.29) is 6.03 Å². The van der Waals surface area contributed by atoms with Gasteiger partial charge in [-0.2, -0.15) is 0 Å². The second kappa shape index (κ2) is 5.05. The molecule has 0 fully saturated rings. The molecule has 0 heterocycles. The molecule has 3 N–H and O–H groups in total. The van der Waals surface area contributed by atoms with Crippen LogP contribution in [0.1, 0.15) is 13.3 Å². The number of rotatable bonds is 3. The molecule has 4 nitrogen and oxygen atoms in total. The number of amides is 2. The van der Waals surface area contributed by atoms with E-state index in [4.69, 9.17) is 5.11 Å². The van der Waals surface area contributed by atoms with Crippen LogP contribution in [0.4, 0.5) is 4.79 Å². The van der Waals surface area contributed by atoms with E-state index in [2.05, 4.69) is 10.6 Å². The van der Waals surface area contributed by atoms with Crippen molar-refractivity contribution in [2.45, 2.75) is 19.4 Å². The van der Waals surface area contributed by atoms with E-state index in [1.807, 2.05) is 6.92 Å². The molecular formula is C6H14N2O2. The first-order valence-corrected chi connectivity index (χ1v) is 3.34. The van der Waals surface area contributed by atoms with Gasteiger partial charge in [0.2, 0.25) is 0 Å². The maximum absolute atomic E-state index is 10.5. The molecule has 0 saturated carbocycles. The monoisotopic (exact) mass is 146 g/mol. The van der Waals surface area contributed by atoms with E-state index in [1.165, 1.54) is 7.05 Å². The van der Waals surface area contributed by atoms with Gasteiger partial charge in [0, 0.05) is 13.6 Å². The zero-order valence-electron chi connectivity index (χ0n) is 6.35. The molecule has 0 bridgehead atoms. The van der Waals surface area contributed by atoms with Crippen molar-refractivity contribution in [1.29, 1.82) is 0 Å². The van der Waals surface area contributed by atoms with E-state index < -0.39 is 6.10 Å². The summed E-state index contributed by atoms with van der Waals surface area (Å²) in [6.45, 7) is 2.17. The average molecular weight is 146 g/mol. The molecule has 0 aliphatic carbocycles. The second-order valence-corrected chi connectivity index (χ2v) is 2.02. The molecule has 2 amide bonds. The van der Waals surface area contributed by atoms with Gasteiger partial charge in [-0.05, 0) is 6.42 Å². The molecule has 4 heteroatoms. The van der Waals surface area contributed by atoms with Crippen molar-refractivity contribution in [2.75, 3.05) is 13.6 Å². The molecule has 0 aromatic rings. The number of hydrogen-bond acceptors (Lipinski definition) is 2. The maximum atomic E-state index is 10.5. The minimum atomic E-state index is -0.433. The fourth-order valence-electron chi connectivity index (χ4n) is 0.443. The molecule has 0 aromatic heterocycles. The van der Waals surface area contributed by atoms with Gasteiger partial charge in [-0.25, -0.2) is 4.79 Å². The normalized spacial score (nSPS) is 12.3. The van der Waals surface area contributed by atoms with Gasteiger partial charge >= 0.3 is 6.03 Å². The van der Waals surface area contributed by atoms with Crippen molar-refractivity contribution in [2.24, 2.45) is 0 Å². The molecule has 1 atom stereocenters. The average Bonchev–Trinajstić information content (AvgIpc) is 1.99. The number of urea groups is 1. The van der Waals surface area contributed by atoms with Gasteiger partial charge in [-0.1, -0.05) is 6.92 Å². The molecule has 0 aliphatic heterocycles. The third-order valence-electron chi connectivity index (χ3n) is 1.20. The van der Waals surface area contributed by atoms with Crippen LogP contribution in [0, 0.1) is 0 Å². The number of carbonyl (C=O) groups is 1. The highest BCUT2D eigenvalue weighted by molar-refractivity contribution is 5.73. The Labute approximate surface area is 60.6 Å². The van der Waals surface area contributed by atoms with E-state index >= 15 is 0 Å². The van der Waals surface area contributed by atoms with Crippen LogP contribution in [0.5, 0.6) is 0 Å². The van der Waals surface area contributed by atoms with Crippen LogP contribution in [0.25, 0.3) is 0 Å². The molecule has 0 spiro atoms. The SMILES string of the molecule is CCC(O)CNC(=O)NC. The van der Waals surface area contributed by atoms with E-state index in [1.54, 1.807) is 0 Å². The minimum Gasteiger partial charge on any atom is -0.391 e. The zero-order chi connectivity index (χ0) is 7.98.